The van der Waals surface area contributed by atoms with Gasteiger partial charge in [0.1, 0.15) is 0 Å². The molecule has 20 heavy (non-hydrogen) atoms. The average Bonchev–Trinajstić information content (AvgIpc) is 2.53. The summed E-state index contributed by atoms with van der Waals surface area (Å²) < 4.78 is 4.73. The lowest BCUT2D eigenvalue weighted by Crippen LogP contribution is -2.33. The molecule has 1 heterocycles. The molecule has 0 radical (unpaired) electrons. The molecule has 0 aromatic heterocycles. The van der Waals surface area contributed by atoms with E-state index in [-0.39, 0.29) is 6.61 Å². The molecule has 0 aliphatic carbocycles. The number of aliphatic hydroxyl groups excluding tert-OH is 1. The van der Waals surface area contributed by atoms with E-state index in [1.807, 2.05) is 12.1 Å². The van der Waals surface area contributed by atoms with Crippen LogP contribution in [0, 0.1) is 5.92 Å². The minimum absolute atomic E-state index is 0.149. The van der Waals surface area contributed by atoms with Crippen LogP contribution in [-0.4, -0.2) is 31.3 Å². The SMILES string of the molecule is CCC1CCN(c2ccc(C(=O)OC)c(CO)c2)CC1. The van der Waals surface area contributed by atoms with Crippen molar-refractivity contribution < 1.29 is 14.6 Å². The summed E-state index contributed by atoms with van der Waals surface area (Å²) in [6.45, 7) is 4.18. The topological polar surface area (TPSA) is 49.8 Å². The van der Waals surface area contributed by atoms with Gasteiger partial charge in [0.15, 0.2) is 0 Å². The third-order valence-electron chi connectivity index (χ3n) is 4.22. The highest BCUT2D eigenvalue weighted by molar-refractivity contribution is 5.91. The van der Waals surface area contributed by atoms with Gasteiger partial charge in [-0.05, 0) is 42.5 Å². The maximum Gasteiger partial charge on any atom is 0.338 e. The lowest BCUT2D eigenvalue weighted by molar-refractivity contribution is 0.0597. The minimum atomic E-state index is -0.398. The van der Waals surface area contributed by atoms with Crippen LogP contribution < -0.4 is 4.90 Å². The number of nitrogens with zero attached hydrogens (tertiary/aromatic N) is 1. The van der Waals surface area contributed by atoms with E-state index in [0.717, 1.165) is 24.7 Å². The molecule has 110 valence electrons. The van der Waals surface area contributed by atoms with Crippen molar-refractivity contribution in [2.75, 3.05) is 25.1 Å². The van der Waals surface area contributed by atoms with Crippen molar-refractivity contribution in [1.29, 1.82) is 0 Å². The van der Waals surface area contributed by atoms with E-state index in [9.17, 15) is 9.90 Å². The van der Waals surface area contributed by atoms with E-state index in [1.165, 1.54) is 26.4 Å². The van der Waals surface area contributed by atoms with Crippen LogP contribution in [0.15, 0.2) is 18.2 Å². The van der Waals surface area contributed by atoms with Gasteiger partial charge in [0.2, 0.25) is 0 Å². The van der Waals surface area contributed by atoms with Gasteiger partial charge < -0.3 is 14.7 Å². The molecule has 4 heteroatoms. The lowest BCUT2D eigenvalue weighted by atomic mass is 9.94. The second kappa shape index (κ2) is 6.75. The summed E-state index contributed by atoms with van der Waals surface area (Å²) in [5.41, 5.74) is 2.16. The van der Waals surface area contributed by atoms with E-state index in [2.05, 4.69) is 11.8 Å². The van der Waals surface area contributed by atoms with Gasteiger partial charge in [-0.1, -0.05) is 13.3 Å². The minimum Gasteiger partial charge on any atom is -0.465 e. The van der Waals surface area contributed by atoms with Gasteiger partial charge in [0.25, 0.3) is 0 Å². The van der Waals surface area contributed by atoms with E-state index < -0.39 is 5.97 Å². The fraction of sp³-hybridized carbons (Fsp3) is 0.562. The van der Waals surface area contributed by atoms with Crippen LogP contribution in [0.4, 0.5) is 5.69 Å². The molecule has 1 aromatic rings. The monoisotopic (exact) mass is 277 g/mol. The number of esters is 1. The molecule has 4 nitrogen and oxygen atoms in total. The first-order chi connectivity index (χ1) is 9.69. The third-order valence-corrected chi connectivity index (χ3v) is 4.22. The van der Waals surface area contributed by atoms with E-state index in [1.54, 1.807) is 6.07 Å². The lowest BCUT2D eigenvalue weighted by Gasteiger charge is -2.33. The number of piperidine rings is 1. The van der Waals surface area contributed by atoms with Gasteiger partial charge in [-0.3, -0.25) is 0 Å². The Morgan fingerprint density at radius 2 is 2.10 bits per heavy atom. The molecule has 1 fully saturated rings. The molecular weight excluding hydrogens is 254 g/mol. The Labute approximate surface area is 120 Å². The number of carbonyl (C=O) groups is 1. The highest BCUT2D eigenvalue weighted by Crippen LogP contribution is 2.27. The van der Waals surface area contributed by atoms with Crippen LogP contribution in [-0.2, 0) is 11.3 Å². The average molecular weight is 277 g/mol. The standard InChI is InChI=1S/C16H23NO3/c1-3-12-6-8-17(9-7-12)14-4-5-15(16(19)20-2)13(10-14)11-18/h4-5,10,12,18H,3,6-9,11H2,1-2H3. The number of rotatable bonds is 4. The van der Waals surface area contributed by atoms with E-state index in [4.69, 9.17) is 4.74 Å². The van der Waals surface area contributed by atoms with Crippen molar-refractivity contribution in [2.45, 2.75) is 32.8 Å². The van der Waals surface area contributed by atoms with Crippen molar-refractivity contribution in [3.63, 3.8) is 0 Å². The molecular formula is C16H23NO3. The van der Waals surface area contributed by atoms with Crippen LogP contribution in [0.25, 0.3) is 0 Å². The smallest absolute Gasteiger partial charge is 0.338 e. The highest BCUT2D eigenvalue weighted by Gasteiger charge is 2.19. The molecule has 1 aliphatic rings. The van der Waals surface area contributed by atoms with Crippen LogP contribution in [0.2, 0.25) is 0 Å². The first-order valence-corrected chi connectivity index (χ1v) is 7.26. The zero-order chi connectivity index (χ0) is 14.5. The Morgan fingerprint density at radius 3 is 2.65 bits per heavy atom. The summed E-state index contributed by atoms with van der Waals surface area (Å²) in [5.74, 6) is 0.434. The Bertz CT molecular complexity index is 465. The van der Waals surface area contributed by atoms with Crippen LogP contribution in [0.1, 0.15) is 42.1 Å². The molecule has 1 saturated heterocycles. The summed E-state index contributed by atoms with van der Waals surface area (Å²) in [7, 11) is 1.35. The van der Waals surface area contributed by atoms with Gasteiger partial charge in [-0.25, -0.2) is 4.79 Å². The Kier molecular flexibility index (Phi) is 5.01. The van der Waals surface area contributed by atoms with Crippen LogP contribution >= 0.6 is 0 Å². The second-order valence-electron chi connectivity index (χ2n) is 5.33. The maximum absolute atomic E-state index is 11.6. The molecule has 1 aliphatic heterocycles. The summed E-state index contributed by atoms with van der Waals surface area (Å²) in [4.78, 5) is 13.9. The molecule has 2 rings (SSSR count). The fourth-order valence-electron chi connectivity index (χ4n) is 2.82. The van der Waals surface area contributed by atoms with E-state index in [0.29, 0.717) is 11.1 Å². The van der Waals surface area contributed by atoms with Crippen molar-refractivity contribution in [3.05, 3.63) is 29.3 Å². The van der Waals surface area contributed by atoms with Gasteiger partial charge in [0, 0.05) is 18.8 Å². The zero-order valence-electron chi connectivity index (χ0n) is 12.3. The molecule has 0 atom stereocenters. The molecule has 0 unspecified atom stereocenters. The summed E-state index contributed by atoms with van der Waals surface area (Å²) in [6.07, 6.45) is 3.67. The zero-order valence-corrected chi connectivity index (χ0v) is 12.3. The first kappa shape index (κ1) is 14.9. The highest BCUT2D eigenvalue weighted by atomic mass is 16.5. The summed E-state index contributed by atoms with van der Waals surface area (Å²) in [5, 5.41) is 9.44. The van der Waals surface area contributed by atoms with E-state index >= 15 is 0 Å². The Morgan fingerprint density at radius 1 is 1.40 bits per heavy atom. The summed E-state index contributed by atoms with van der Waals surface area (Å²) >= 11 is 0. The largest absolute Gasteiger partial charge is 0.465 e. The third kappa shape index (κ3) is 3.12. The van der Waals surface area contributed by atoms with Crippen molar-refractivity contribution in [3.8, 4) is 0 Å². The summed E-state index contributed by atoms with van der Waals surface area (Å²) in [6, 6.07) is 5.59. The van der Waals surface area contributed by atoms with Gasteiger partial charge in [-0.2, -0.15) is 0 Å². The predicted octanol–water partition coefficient (Wildman–Crippen LogP) is 2.59. The van der Waals surface area contributed by atoms with Gasteiger partial charge in [0.05, 0.1) is 19.3 Å². The molecule has 0 bridgehead atoms. The van der Waals surface area contributed by atoms with Crippen molar-refractivity contribution >= 4 is 11.7 Å². The maximum atomic E-state index is 11.6. The fourth-order valence-corrected chi connectivity index (χ4v) is 2.82. The molecule has 1 N–H and O–H groups in total. The number of ether oxygens (including phenoxy) is 1. The number of anilines is 1. The van der Waals surface area contributed by atoms with Gasteiger partial charge >= 0.3 is 5.97 Å². The Balaban J connectivity index is 2.16. The normalized spacial score (nSPS) is 16.2. The van der Waals surface area contributed by atoms with Crippen LogP contribution in [0.3, 0.4) is 0 Å². The molecule has 0 amide bonds. The number of methoxy groups -OCH3 is 1. The predicted molar refractivity (Wildman–Crippen MR) is 78.9 cm³/mol. The molecule has 0 saturated carbocycles. The quantitative estimate of drug-likeness (QED) is 0.859. The number of aliphatic hydroxyl groups is 1. The number of hydrogen-bond acceptors (Lipinski definition) is 4. The number of hydrogen-bond donors (Lipinski definition) is 1. The second-order valence-corrected chi connectivity index (χ2v) is 5.33. The van der Waals surface area contributed by atoms with Crippen molar-refractivity contribution in [2.24, 2.45) is 5.92 Å². The number of benzene rings is 1. The van der Waals surface area contributed by atoms with Crippen LogP contribution in [0.5, 0.6) is 0 Å². The Hall–Kier alpha value is -1.55. The molecule has 0 spiro atoms. The first-order valence-electron chi connectivity index (χ1n) is 7.26. The number of carbonyl (C=O) groups excluding carboxylic acids is 1. The van der Waals surface area contributed by atoms with Gasteiger partial charge in [-0.15, -0.1) is 0 Å². The molecule has 1 aromatic carbocycles. The van der Waals surface area contributed by atoms with Crippen molar-refractivity contribution in [1.82, 2.24) is 0 Å².